The van der Waals surface area contributed by atoms with Crippen LogP contribution < -0.4 is 0 Å². The number of rotatable bonds is 4. The molecule has 0 N–H and O–H groups in total. The lowest BCUT2D eigenvalue weighted by Crippen LogP contribution is -1.95. The third kappa shape index (κ3) is 6.20. The molecule has 6 nitrogen and oxygen atoms in total. The summed E-state index contributed by atoms with van der Waals surface area (Å²) in [4.78, 5) is 19.9. The molecular formula is C52H31BrN4O2. The standard InChI is InChI=1S/C26H15BrN2O.C26H16N2O/c27-17-13-14-22-20(15-17)24-19(10-6-12-23(24)30-22)26-28-21-11-5-4-9-18(21)25(29-26)16-7-2-1-3-8-16;1-2-9-17(10-3-1)25-18-11-4-6-14-21(18)27-26(28-25)20-13-8-16-23-24(20)19-12-5-7-15-22(19)29-23/h1-15H;1-16H. The number of aromatic nitrogens is 4. The van der Waals surface area contributed by atoms with Crippen molar-refractivity contribution in [2.45, 2.75) is 0 Å². The van der Waals surface area contributed by atoms with Crippen LogP contribution in [0.5, 0.6) is 0 Å². The second-order valence-electron chi connectivity index (χ2n) is 14.3. The summed E-state index contributed by atoms with van der Waals surface area (Å²) in [7, 11) is 0. The number of fused-ring (bicyclic) bond motifs is 8. The summed E-state index contributed by atoms with van der Waals surface area (Å²) in [6, 6.07) is 63.2. The minimum atomic E-state index is 0.695. The molecule has 0 aliphatic carbocycles. The molecule has 0 amide bonds. The molecule has 0 radical (unpaired) electrons. The van der Waals surface area contributed by atoms with Gasteiger partial charge in [-0.2, -0.15) is 0 Å². The van der Waals surface area contributed by atoms with E-state index in [0.717, 1.165) is 104 Å². The molecule has 0 aliphatic heterocycles. The number of halogens is 1. The molecule has 278 valence electrons. The molecule has 0 spiro atoms. The number of hydrogen-bond donors (Lipinski definition) is 0. The van der Waals surface area contributed by atoms with Gasteiger partial charge >= 0.3 is 0 Å². The van der Waals surface area contributed by atoms with Crippen LogP contribution in [-0.4, -0.2) is 19.9 Å². The maximum absolute atomic E-state index is 6.10. The summed E-state index contributed by atoms with van der Waals surface area (Å²) >= 11 is 3.59. The molecule has 7 heteroatoms. The molecule has 12 aromatic rings. The summed E-state index contributed by atoms with van der Waals surface area (Å²) in [5, 5.41) is 6.30. The molecule has 0 atom stereocenters. The Morgan fingerprint density at radius 3 is 1.34 bits per heavy atom. The smallest absolute Gasteiger partial charge is 0.161 e. The van der Waals surface area contributed by atoms with Crippen molar-refractivity contribution in [2.75, 3.05) is 0 Å². The third-order valence-corrected chi connectivity index (χ3v) is 11.1. The summed E-state index contributed by atoms with van der Waals surface area (Å²) in [6.45, 7) is 0. The Bertz CT molecular complexity index is 3530. The van der Waals surface area contributed by atoms with Gasteiger partial charge in [0.15, 0.2) is 11.6 Å². The van der Waals surface area contributed by atoms with Crippen LogP contribution in [0, 0.1) is 0 Å². The van der Waals surface area contributed by atoms with Gasteiger partial charge in [0.2, 0.25) is 0 Å². The topological polar surface area (TPSA) is 77.8 Å². The van der Waals surface area contributed by atoms with E-state index in [2.05, 4.69) is 76.6 Å². The first-order valence-electron chi connectivity index (χ1n) is 19.3. The average molecular weight is 824 g/mol. The molecular weight excluding hydrogens is 793 g/mol. The largest absolute Gasteiger partial charge is 0.456 e. The SMILES string of the molecule is Brc1ccc2oc3cccc(-c4nc(-c5ccccc5)c5ccccc5n4)c3c2c1.c1ccc(-c2nc(-c3cccc4oc5ccccc5c34)nc3ccccc23)cc1. The minimum absolute atomic E-state index is 0.695. The molecule has 0 saturated heterocycles. The van der Waals surface area contributed by atoms with E-state index in [1.807, 2.05) is 127 Å². The Kier molecular flexibility index (Phi) is 8.52. The molecule has 0 aliphatic rings. The average Bonchev–Trinajstić information content (AvgIpc) is 3.87. The van der Waals surface area contributed by atoms with Gasteiger partial charge in [0.05, 0.1) is 22.4 Å². The van der Waals surface area contributed by atoms with Gasteiger partial charge in [-0.3, -0.25) is 0 Å². The van der Waals surface area contributed by atoms with Crippen molar-refractivity contribution in [3.8, 4) is 45.3 Å². The van der Waals surface area contributed by atoms with Gasteiger partial charge in [0.1, 0.15) is 22.3 Å². The summed E-state index contributed by atoms with van der Waals surface area (Å²) in [6.07, 6.45) is 0. The Morgan fingerprint density at radius 2 is 0.780 bits per heavy atom. The summed E-state index contributed by atoms with van der Waals surface area (Å²) in [5.41, 5.74) is 11.2. The van der Waals surface area contributed by atoms with E-state index in [9.17, 15) is 0 Å². The van der Waals surface area contributed by atoms with Gasteiger partial charge in [0, 0.05) is 59.0 Å². The second kappa shape index (κ2) is 14.5. The Labute approximate surface area is 346 Å². The molecule has 0 saturated carbocycles. The van der Waals surface area contributed by atoms with Crippen molar-refractivity contribution in [3.63, 3.8) is 0 Å². The lowest BCUT2D eigenvalue weighted by molar-refractivity contribution is 0.668. The first-order chi connectivity index (χ1) is 29.2. The normalized spacial score (nSPS) is 11.5. The monoisotopic (exact) mass is 822 g/mol. The van der Waals surface area contributed by atoms with Gasteiger partial charge in [0.25, 0.3) is 0 Å². The van der Waals surface area contributed by atoms with Crippen LogP contribution in [0.1, 0.15) is 0 Å². The maximum Gasteiger partial charge on any atom is 0.161 e. The third-order valence-electron chi connectivity index (χ3n) is 10.6. The van der Waals surface area contributed by atoms with Gasteiger partial charge in [-0.1, -0.05) is 155 Å². The molecule has 0 unspecified atom stereocenters. The molecule has 4 aromatic heterocycles. The van der Waals surface area contributed by atoms with Crippen molar-refractivity contribution < 1.29 is 8.83 Å². The molecule has 0 bridgehead atoms. The Hall–Kier alpha value is -7.48. The summed E-state index contributed by atoms with van der Waals surface area (Å²) in [5.74, 6) is 1.40. The fraction of sp³-hybridized carbons (Fsp3) is 0. The molecule has 4 heterocycles. The van der Waals surface area contributed by atoms with Gasteiger partial charge in [-0.05, 0) is 48.5 Å². The predicted molar refractivity (Wildman–Crippen MR) is 243 cm³/mol. The molecule has 8 aromatic carbocycles. The maximum atomic E-state index is 6.10. The highest BCUT2D eigenvalue weighted by Gasteiger charge is 2.19. The highest BCUT2D eigenvalue weighted by atomic mass is 79.9. The van der Waals surface area contributed by atoms with Crippen LogP contribution >= 0.6 is 15.9 Å². The van der Waals surface area contributed by atoms with Crippen LogP contribution in [0.25, 0.3) is 111 Å². The number of nitrogens with zero attached hydrogens (tertiary/aromatic N) is 4. The highest BCUT2D eigenvalue weighted by molar-refractivity contribution is 9.10. The van der Waals surface area contributed by atoms with E-state index >= 15 is 0 Å². The zero-order valence-electron chi connectivity index (χ0n) is 31.4. The number of benzene rings is 8. The number of para-hydroxylation sites is 3. The van der Waals surface area contributed by atoms with Crippen LogP contribution in [0.2, 0.25) is 0 Å². The summed E-state index contributed by atoms with van der Waals surface area (Å²) < 4.78 is 13.2. The van der Waals surface area contributed by atoms with Crippen LogP contribution in [0.3, 0.4) is 0 Å². The lowest BCUT2D eigenvalue weighted by Gasteiger charge is -2.10. The first-order valence-corrected chi connectivity index (χ1v) is 20.1. The Balaban J connectivity index is 0.000000135. The van der Waals surface area contributed by atoms with Crippen LogP contribution in [0.15, 0.2) is 201 Å². The Morgan fingerprint density at radius 1 is 0.339 bits per heavy atom. The van der Waals surface area contributed by atoms with Crippen molar-refractivity contribution in [1.82, 2.24) is 19.9 Å². The zero-order valence-corrected chi connectivity index (χ0v) is 33.0. The van der Waals surface area contributed by atoms with E-state index in [0.29, 0.717) is 11.6 Å². The van der Waals surface area contributed by atoms with Crippen molar-refractivity contribution >= 4 is 81.6 Å². The van der Waals surface area contributed by atoms with E-state index < -0.39 is 0 Å². The van der Waals surface area contributed by atoms with Crippen molar-refractivity contribution in [2.24, 2.45) is 0 Å². The molecule has 12 rings (SSSR count). The number of hydrogen-bond acceptors (Lipinski definition) is 6. The quantitative estimate of drug-likeness (QED) is 0.176. The van der Waals surface area contributed by atoms with E-state index in [-0.39, 0.29) is 0 Å². The lowest BCUT2D eigenvalue weighted by atomic mass is 10.0. The zero-order chi connectivity index (χ0) is 39.3. The van der Waals surface area contributed by atoms with Crippen LogP contribution in [-0.2, 0) is 0 Å². The minimum Gasteiger partial charge on any atom is -0.456 e. The van der Waals surface area contributed by atoms with E-state index in [1.165, 1.54) is 0 Å². The first kappa shape index (κ1) is 34.7. The fourth-order valence-corrected chi connectivity index (χ4v) is 8.33. The van der Waals surface area contributed by atoms with Gasteiger partial charge < -0.3 is 8.83 Å². The van der Waals surface area contributed by atoms with Crippen molar-refractivity contribution in [1.29, 1.82) is 0 Å². The van der Waals surface area contributed by atoms with E-state index in [1.54, 1.807) is 0 Å². The molecule has 59 heavy (non-hydrogen) atoms. The highest BCUT2D eigenvalue weighted by Crippen LogP contribution is 2.39. The second-order valence-corrected chi connectivity index (χ2v) is 15.2. The van der Waals surface area contributed by atoms with E-state index in [4.69, 9.17) is 28.8 Å². The predicted octanol–water partition coefficient (Wildman–Crippen LogP) is 14.5. The molecule has 0 fully saturated rings. The van der Waals surface area contributed by atoms with Crippen LogP contribution in [0.4, 0.5) is 0 Å². The fourth-order valence-electron chi connectivity index (χ4n) is 7.97. The van der Waals surface area contributed by atoms with Crippen molar-refractivity contribution in [3.05, 3.63) is 193 Å². The van der Waals surface area contributed by atoms with Gasteiger partial charge in [-0.15, -0.1) is 0 Å². The van der Waals surface area contributed by atoms with Gasteiger partial charge in [-0.25, -0.2) is 19.9 Å². The number of furan rings is 2.